The third-order valence-corrected chi connectivity index (χ3v) is 3.84. The molecule has 100 valence electrons. The summed E-state index contributed by atoms with van der Waals surface area (Å²) in [4.78, 5) is 4.41. The number of hydrogen-bond donors (Lipinski definition) is 1. The lowest BCUT2D eigenvalue weighted by Crippen LogP contribution is -2.43. The zero-order valence-electron chi connectivity index (χ0n) is 10.2. The first-order valence-corrected chi connectivity index (χ1v) is 6.63. The standard InChI is InChI=1S/C14H13BrN2O.ClH/c15-11-5-3-10(4-6-11)14(16)7-9-18-12-2-1-8-17-13(12)14;/h1-6,8H,7,9,16H2;1H. The molecular formula is C14H14BrClN2O. The van der Waals surface area contributed by atoms with Gasteiger partial charge in [-0.3, -0.25) is 4.98 Å². The van der Waals surface area contributed by atoms with E-state index in [4.69, 9.17) is 10.5 Å². The van der Waals surface area contributed by atoms with Crippen LogP contribution in [0.2, 0.25) is 0 Å². The molecule has 2 heterocycles. The summed E-state index contributed by atoms with van der Waals surface area (Å²) < 4.78 is 6.66. The molecule has 1 aromatic heterocycles. The van der Waals surface area contributed by atoms with Crippen molar-refractivity contribution in [1.82, 2.24) is 4.98 Å². The first-order valence-electron chi connectivity index (χ1n) is 5.83. The van der Waals surface area contributed by atoms with E-state index in [2.05, 4.69) is 20.9 Å². The zero-order valence-corrected chi connectivity index (χ0v) is 12.6. The van der Waals surface area contributed by atoms with Crippen molar-refractivity contribution >= 4 is 28.3 Å². The summed E-state index contributed by atoms with van der Waals surface area (Å²) in [5.74, 6) is 0.786. The SMILES string of the molecule is Cl.NC1(c2ccc(Br)cc2)CCOc2cccnc21. The average molecular weight is 342 g/mol. The van der Waals surface area contributed by atoms with Crippen LogP contribution in [0.15, 0.2) is 47.1 Å². The molecule has 0 radical (unpaired) electrons. The first kappa shape index (κ1) is 14.3. The van der Waals surface area contributed by atoms with Crippen LogP contribution in [-0.4, -0.2) is 11.6 Å². The van der Waals surface area contributed by atoms with Crippen LogP contribution in [0, 0.1) is 0 Å². The Labute approximate surface area is 126 Å². The molecule has 0 spiro atoms. The monoisotopic (exact) mass is 340 g/mol. The summed E-state index contributed by atoms with van der Waals surface area (Å²) in [6.45, 7) is 0.616. The summed E-state index contributed by atoms with van der Waals surface area (Å²) in [6.07, 6.45) is 2.49. The fourth-order valence-electron chi connectivity index (χ4n) is 2.31. The van der Waals surface area contributed by atoms with Crippen molar-refractivity contribution in [3.8, 4) is 5.75 Å². The number of fused-ring (bicyclic) bond motifs is 1. The number of nitrogens with two attached hydrogens (primary N) is 1. The van der Waals surface area contributed by atoms with Crippen LogP contribution < -0.4 is 10.5 Å². The van der Waals surface area contributed by atoms with E-state index < -0.39 is 5.54 Å². The van der Waals surface area contributed by atoms with Gasteiger partial charge in [-0.25, -0.2) is 0 Å². The number of nitrogens with zero attached hydrogens (tertiary/aromatic N) is 1. The maximum atomic E-state index is 6.58. The Hall–Kier alpha value is -1.10. The number of aromatic nitrogens is 1. The van der Waals surface area contributed by atoms with E-state index in [0.717, 1.165) is 27.9 Å². The van der Waals surface area contributed by atoms with Crippen LogP contribution in [0.3, 0.4) is 0 Å². The molecule has 0 saturated carbocycles. The maximum Gasteiger partial charge on any atom is 0.143 e. The lowest BCUT2D eigenvalue weighted by Gasteiger charge is -2.34. The van der Waals surface area contributed by atoms with E-state index in [1.165, 1.54) is 0 Å². The summed E-state index contributed by atoms with van der Waals surface area (Å²) >= 11 is 3.44. The molecule has 1 aromatic carbocycles. The summed E-state index contributed by atoms with van der Waals surface area (Å²) in [5, 5.41) is 0. The summed E-state index contributed by atoms with van der Waals surface area (Å²) in [6, 6.07) is 11.9. The molecule has 19 heavy (non-hydrogen) atoms. The molecule has 5 heteroatoms. The predicted octanol–water partition coefficient (Wildman–Crippen LogP) is 3.25. The molecule has 3 rings (SSSR count). The van der Waals surface area contributed by atoms with E-state index >= 15 is 0 Å². The van der Waals surface area contributed by atoms with Crippen LogP contribution in [0.1, 0.15) is 17.7 Å². The minimum absolute atomic E-state index is 0. The number of hydrogen-bond acceptors (Lipinski definition) is 3. The topological polar surface area (TPSA) is 48.1 Å². The van der Waals surface area contributed by atoms with E-state index in [-0.39, 0.29) is 12.4 Å². The van der Waals surface area contributed by atoms with Gasteiger partial charge >= 0.3 is 0 Å². The van der Waals surface area contributed by atoms with Crippen LogP contribution in [-0.2, 0) is 5.54 Å². The number of halogens is 2. The number of pyridine rings is 1. The van der Waals surface area contributed by atoms with Gasteiger partial charge in [-0.1, -0.05) is 28.1 Å². The Balaban J connectivity index is 0.00000133. The highest BCUT2D eigenvalue weighted by molar-refractivity contribution is 9.10. The Morgan fingerprint density at radius 3 is 2.68 bits per heavy atom. The fraction of sp³-hybridized carbons (Fsp3) is 0.214. The van der Waals surface area contributed by atoms with Gasteiger partial charge in [0.05, 0.1) is 12.1 Å². The van der Waals surface area contributed by atoms with Gasteiger partial charge in [0.15, 0.2) is 0 Å². The molecule has 1 unspecified atom stereocenters. The molecule has 0 amide bonds. The Kier molecular flexibility index (Phi) is 4.13. The van der Waals surface area contributed by atoms with E-state index in [1.807, 2.05) is 36.4 Å². The van der Waals surface area contributed by atoms with Gasteiger partial charge in [0, 0.05) is 17.1 Å². The Morgan fingerprint density at radius 1 is 1.21 bits per heavy atom. The van der Waals surface area contributed by atoms with Crippen LogP contribution in [0.5, 0.6) is 5.75 Å². The summed E-state index contributed by atoms with van der Waals surface area (Å²) in [7, 11) is 0. The third-order valence-electron chi connectivity index (χ3n) is 3.31. The third kappa shape index (κ3) is 2.48. The largest absolute Gasteiger partial charge is 0.491 e. The molecule has 2 N–H and O–H groups in total. The smallest absolute Gasteiger partial charge is 0.143 e. The maximum absolute atomic E-state index is 6.58. The van der Waals surface area contributed by atoms with Gasteiger partial charge in [-0.15, -0.1) is 12.4 Å². The molecule has 2 aromatic rings. The van der Waals surface area contributed by atoms with Crippen molar-refractivity contribution in [2.75, 3.05) is 6.61 Å². The number of rotatable bonds is 1. The Bertz CT molecular complexity index is 576. The van der Waals surface area contributed by atoms with Crippen LogP contribution in [0.4, 0.5) is 0 Å². The van der Waals surface area contributed by atoms with Crippen molar-refractivity contribution in [3.05, 3.63) is 58.3 Å². The molecular weight excluding hydrogens is 328 g/mol. The van der Waals surface area contributed by atoms with Gasteiger partial charge in [0.2, 0.25) is 0 Å². The first-order chi connectivity index (χ1) is 8.70. The zero-order chi connectivity index (χ0) is 12.6. The second-order valence-electron chi connectivity index (χ2n) is 4.43. The molecule has 3 nitrogen and oxygen atoms in total. The molecule has 0 aliphatic carbocycles. The minimum atomic E-state index is -0.560. The van der Waals surface area contributed by atoms with Gasteiger partial charge in [0.25, 0.3) is 0 Å². The van der Waals surface area contributed by atoms with Crippen molar-refractivity contribution in [2.24, 2.45) is 5.73 Å². The van der Waals surface area contributed by atoms with Gasteiger partial charge in [-0.05, 0) is 29.8 Å². The van der Waals surface area contributed by atoms with Crippen LogP contribution in [0.25, 0.3) is 0 Å². The molecule has 1 atom stereocenters. The average Bonchev–Trinajstić information content (AvgIpc) is 2.40. The second-order valence-corrected chi connectivity index (χ2v) is 5.34. The normalized spacial score (nSPS) is 20.9. The molecule has 1 aliphatic rings. The molecule has 1 aliphatic heterocycles. The fourth-order valence-corrected chi connectivity index (χ4v) is 2.58. The lowest BCUT2D eigenvalue weighted by atomic mass is 9.83. The van der Waals surface area contributed by atoms with Crippen molar-refractivity contribution in [3.63, 3.8) is 0 Å². The van der Waals surface area contributed by atoms with Crippen molar-refractivity contribution in [2.45, 2.75) is 12.0 Å². The van der Waals surface area contributed by atoms with Crippen molar-refractivity contribution < 1.29 is 4.74 Å². The number of ether oxygens (including phenoxy) is 1. The van der Waals surface area contributed by atoms with E-state index in [0.29, 0.717) is 6.61 Å². The Morgan fingerprint density at radius 2 is 1.95 bits per heavy atom. The van der Waals surface area contributed by atoms with Gasteiger partial charge < -0.3 is 10.5 Å². The highest BCUT2D eigenvalue weighted by Gasteiger charge is 2.36. The lowest BCUT2D eigenvalue weighted by molar-refractivity contribution is 0.232. The predicted molar refractivity (Wildman–Crippen MR) is 80.7 cm³/mol. The van der Waals surface area contributed by atoms with Crippen molar-refractivity contribution in [1.29, 1.82) is 0 Å². The van der Waals surface area contributed by atoms with Gasteiger partial charge in [0.1, 0.15) is 11.4 Å². The van der Waals surface area contributed by atoms with E-state index in [9.17, 15) is 0 Å². The second kappa shape index (κ2) is 5.49. The van der Waals surface area contributed by atoms with Crippen LogP contribution >= 0.6 is 28.3 Å². The van der Waals surface area contributed by atoms with Gasteiger partial charge in [-0.2, -0.15) is 0 Å². The van der Waals surface area contributed by atoms with E-state index in [1.54, 1.807) is 6.20 Å². The highest BCUT2D eigenvalue weighted by atomic mass is 79.9. The highest BCUT2D eigenvalue weighted by Crippen LogP contribution is 2.38. The molecule has 0 fully saturated rings. The minimum Gasteiger partial charge on any atom is -0.491 e. The quantitative estimate of drug-likeness (QED) is 0.866. The number of benzene rings is 1. The summed E-state index contributed by atoms with van der Waals surface area (Å²) in [5.41, 5.74) is 7.91. The molecule has 0 saturated heterocycles. The molecule has 0 bridgehead atoms.